The molecule has 2 aromatic rings. The van der Waals surface area contributed by atoms with Crippen molar-refractivity contribution in [1.29, 1.82) is 0 Å². The van der Waals surface area contributed by atoms with E-state index in [9.17, 15) is 4.79 Å². The number of rotatable bonds is 6. The first-order valence-corrected chi connectivity index (χ1v) is 10.7. The number of ether oxygens (including phenoxy) is 2. The third-order valence-corrected chi connectivity index (χ3v) is 5.85. The van der Waals surface area contributed by atoms with E-state index in [0.717, 1.165) is 49.5 Å². The summed E-state index contributed by atoms with van der Waals surface area (Å²) in [6.07, 6.45) is 4.10. The number of amides is 1. The fourth-order valence-electron chi connectivity index (χ4n) is 4.07. The van der Waals surface area contributed by atoms with Gasteiger partial charge in [0.2, 0.25) is 5.91 Å². The van der Waals surface area contributed by atoms with Crippen molar-refractivity contribution in [2.75, 3.05) is 38.5 Å². The molecule has 7 heteroatoms. The number of nitrogens with two attached hydrogens (primary N) is 1. The van der Waals surface area contributed by atoms with E-state index in [0.29, 0.717) is 24.9 Å². The Labute approximate surface area is 177 Å². The minimum absolute atomic E-state index is 0.00107. The zero-order valence-electron chi connectivity index (χ0n) is 17.5. The molecule has 3 heterocycles. The molecule has 1 aromatic heterocycles. The van der Waals surface area contributed by atoms with Crippen LogP contribution in [0.25, 0.3) is 0 Å². The summed E-state index contributed by atoms with van der Waals surface area (Å²) in [7, 11) is 0. The number of fused-ring (bicyclic) bond motifs is 1. The molecule has 1 fully saturated rings. The molecule has 160 valence electrons. The van der Waals surface area contributed by atoms with Crippen LogP contribution in [0.15, 0.2) is 36.5 Å². The normalized spacial score (nSPS) is 19.4. The van der Waals surface area contributed by atoms with Crippen molar-refractivity contribution in [2.45, 2.75) is 32.3 Å². The van der Waals surface area contributed by atoms with Gasteiger partial charge in [0.15, 0.2) is 11.5 Å². The summed E-state index contributed by atoms with van der Waals surface area (Å²) in [6, 6.07) is 9.70. The molecule has 1 amide bonds. The van der Waals surface area contributed by atoms with Crippen molar-refractivity contribution in [3.05, 3.63) is 47.7 Å². The van der Waals surface area contributed by atoms with Crippen LogP contribution in [0.5, 0.6) is 11.5 Å². The van der Waals surface area contributed by atoms with Gasteiger partial charge in [-0.3, -0.25) is 9.69 Å². The molecular formula is C23H30N4O3. The van der Waals surface area contributed by atoms with Gasteiger partial charge in [0.1, 0.15) is 18.5 Å². The highest BCUT2D eigenvalue weighted by Crippen LogP contribution is 2.32. The van der Waals surface area contributed by atoms with Gasteiger partial charge in [-0.15, -0.1) is 0 Å². The second-order valence-electron chi connectivity index (χ2n) is 8.27. The number of aromatic nitrogens is 1. The van der Waals surface area contributed by atoms with Gasteiger partial charge in [-0.1, -0.05) is 12.1 Å². The number of pyridine rings is 1. The molecule has 1 unspecified atom stereocenters. The van der Waals surface area contributed by atoms with Crippen LogP contribution < -0.4 is 20.5 Å². The van der Waals surface area contributed by atoms with E-state index in [1.54, 1.807) is 12.3 Å². The Hall–Kier alpha value is -2.80. The average molecular weight is 411 g/mol. The van der Waals surface area contributed by atoms with Crippen molar-refractivity contribution in [3.8, 4) is 11.5 Å². The molecule has 7 nitrogen and oxygen atoms in total. The van der Waals surface area contributed by atoms with Gasteiger partial charge in [-0.05, 0) is 62.5 Å². The summed E-state index contributed by atoms with van der Waals surface area (Å²) in [5.74, 6) is 2.60. The quantitative estimate of drug-likeness (QED) is 0.759. The molecule has 1 atom stereocenters. The molecule has 1 aromatic carbocycles. The second kappa shape index (κ2) is 9.34. The van der Waals surface area contributed by atoms with Gasteiger partial charge >= 0.3 is 0 Å². The maximum Gasteiger partial charge on any atom is 0.224 e. The number of nitrogens with zero attached hydrogens (tertiary/aromatic N) is 2. The van der Waals surface area contributed by atoms with E-state index < -0.39 is 0 Å². The lowest BCUT2D eigenvalue weighted by Gasteiger charge is -2.35. The number of nitrogen functional groups attached to an aromatic ring is 1. The number of piperidine rings is 1. The Morgan fingerprint density at radius 3 is 2.90 bits per heavy atom. The number of likely N-dealkylation sites (tertiary alicyclic amines) is 1. The first-order valence-electron chi connectivity index (χ1n) is 10.7. The van der Waals surface area contributed by atoms with Crippen LogP contribution in [0.3, 0.4) is 0 Å². The lowest BCUT2D eigenvalue weighted by Crippen LogP contribution is -2.45. The number of hydrogen-bond donors (Lipinski definition) is 2. The smallest absolute Gasteiger partial charge is 0.224 e. The maximum absolute atomic E-state index is 12.2. The zero-order valence-corrected chi connectivity index (χ0v) is 17.5. The number of carbonyl (C=O) groups is 1. The lowest BCUT2D eigenvalue weighted by atomic mass is 9.96. The van der Waals surface area contributed by atoms with Gasteiger partial charge < -0.3 is 20.5 Å². The van der Waals surface area contributed by atoms with E-state index in [2.05, 4.69) is 22.1 Å². The van der Waals surface area contributed by atoms with Crippen molar-refractivity contribution >= 4 is 11.7 Å². The molecule has 1 saturated heterocycles. The highest BCUT2D eigenvalue weighted by molar-refractivity contribution is 5.79. The van der Waals surface area contributed by atoms with Crippen LogP contribution in [-0.4, -0.2) is 54.7 Å². The molecule has 2 aliphatic heterocycles. The van der Waals surface area contributed by atoms with Crippen molar-refractivity contribution in [2.24, 2.45) is 5.92 Å². The number of carbonyl (C=O) groups excluding carboxylic acids is 1. The standard InChI is InChI=1S/C23H30N4O3/c1-16-4-5-20-21(11-16)30-19(15-29-20)14-27-9-6-17(7-10-27)13-26-22(28)12-18-3-2-8-25-23(18)24/h2-5,8,11,17,19H,6-7,9-10,12-15H2,1H3,(H2,24,25)(H,26,28). The number of hydrogen-bond acceptors (Lipinski definition) is 6. The molecule has 3 N–H and O–H groups in total. The van der Waals surface area contributed by atoms with Gasteiger partial charge in [-0.2, -0.15) is 0 Å². The first kappa shape index (κ1) is 20.5. The Kier molecular flexibility index (Phi) is 6.38. The van der Waals surface area contributed by atoms with E-state index in [-0.39, 0.29) is 18.4 Å². The summed E-state index contributed by atoms with van der Waals surface area (Å²) < 4.78 is 12.0. The van der Waals surface area contributed by atoms with E-state index in [1.807, 2.05) is 24.3 Å². The Morgan fingerprint density at radius 1 is 1.27 bits per heavy atom. The highest BCUT2D eigenvalue weighted by atomic mass is 16.6. The number of nitrogens with one attached hydrogen (secondary N) is 1. The maximum atomic E-state index is 12.2. The van der Waals surface area contributed by atoms with Crippen LogP contribution in [-0.2, 0) is 11.2 Å². The third kappa shape index (κ3) is 5.21. The van der Waals surface area contributed by atoms with Gasteiger partial charge in [-0.25, -0.2) is 4.98 Å². The van der Waals surface area contributed by atoms with E-state index in [4.69, 9.17) is 15.2 Å². The Bertz CT molecular complexity index is 881. The zero-order chi connectivity index (χ0) is 20.9. The lowest BCUT2D eigenvalue weighted by molar-refractivity contribution is -0.120. The van der Waals surface area contributed by atoms with Crippen LogP contribution >= 0.6 is 0 Å². The molecular weight excluding hydrogens is 380 g/mol. The molecule has 0 spiro atoms. The largest absolute Gasteiger partial charge is 0.486 e. The van der Waals surface area contributed by atoms with Gasteiger partial charge in [0.25, 0.3) is 0 Å². The molecule has 0 bridgehead atoms. The summed E-state index contributed by atoms with van der Waals surface area (Å²) >= 11 is 0. The number of aryl methyl sites for hydroxylation is 1. The minimum atomic E-state index is -0.00107. The summed E-state index contributed by atoms with van der Waals surface area (Å²) in [4.78, 5) is 18.7. The molecule has 0 saturated carbocycles. The second-order valence-corrected chi connectivity index (χ2v) is 8.27. The molecule has 30 heavy (non-hydrogen) atoms. The third-order valence-electron chi connectivity index (χ3n) is 5.85. The highest BCUT2D eigenvalue weighted by Gasteiger charge is 2.26. The van der Waals surface area contributed by atoms with Crippen LogP contribution in [0.4, 0.5) is 5.82 Å². The fourth-order valence-corrected chi connectivity index (χ4v) is 4.07. The Balaban J connectivity index is 1.17. The number of benzene rings is 1. The Morgan fingerprint density at radius 2 is 2.10 bits per heavy atom. The molecule has 2 aliphatic rings. The van der Waals surface area contributed by atoms with E-state index in [1.165, 1.54) is 5.56 Å². The molecule has 0 aliphatic carbocycles. The van der Waals surface area contributed by atoms with Crippen molar-refractivity contribution < 1.29 is 14.3 Å². The van der Waals surface area contributed by atoms with Crippen molar-refractivity contribution in [1.82, 2.24) is 15.2 Å². The minimum Gasteiger partial charge on any atom is -0.486 e. The molecule has 4 rings (SSSR count). The molecule has 0 radical (unpaired) electrons. The monoisotopic (exact) mass is 410 g/mol. The van der Waals surface area contributed by atoms with Crippen LogP contribution in [0, 0.1) is 12.8 Å². The SMILES string of the molecule is Cc1ccc2c(c1)OC(CN1CCC(CNC(=O)Cc3cccnc3N)CC1)CO2. The fraction of sp³-hybridized carbons (Fsp3) is 0.478. The van der Waals surface area contributed by atoms with Crippen LogP contribution in [0.2, 0.25) is 0 Å². The summed E-state index contributed by atoms with van der Waals surface area (Å²) in [6.45, 7) is 6.24. The predicted molar refractivity (Wildman–Crippen MR) is 116 cm³/mol. The average Bonchev–Trinajstić information content (AvgIpc) is 2.75. The predicted octanol–water partition coefficient (Wildman–Crippen LogP) is 2.18. The van der Waals surface area contributed by atoms with Gasteiger partial charge in [0, 0.05) is 24.8 Å². The number of anilines is 1. The van der Waals surface area contributed by atoms with Gasteiger partial charge in [0.05, 0.1) is 6.42 Å². The van der Waals surface area contributed by atoms with E-state index >= 15 is 0 Å². The van der Waals surface area contributed by atoms with Crippen LogP contribution in [0.1, 0.15) is 24.0 Å². The van der Waals surface area contributed by atoms with Crippen molar-refractivity contribution in [3.63, 3.8) is 0 Å². The summed E-state index contributed by atoms with van der Waals surface area (Å²) in [5.41, 5.74) is 7.77. The first-order chi connectivity index (χ1) is 14.6. The topological polar surface area (TPSA) is 89.7 Å². The summed E-state index contributed by atoms with van der Waals surface area (Å²) in [5, 5.41) is 3.06.